The van der Waals surface area contributed by atoms with Gasteiger partial charge in [-0.05, 0) is 32.4 Å². The lowest BCUT2D eigenvalue weighted by Gasteiger charge is -2.36. The van der Waals surface area contributed by atoms with Crippen LogP contribution in [-0.2, 0) is 11.3 Å². The molecule has 27 heavy (non-hydrogen) atoms. The van der Waals surface area contributed by atoms with Gasteiger partial charge in [0.15, 0.2) is 0 Å². The molecular weight excluding hydrogens is 344 g/mol. The summed E-state index contributed by atoms with van der Waals surface area (Å²) in [4.78, 5) is 28.1. The van der Waals surface area contributed by atoms with Crippen molar-refractivity contribution in [2.45, 2.75) is 32.9 Å². The number of nitrogens with zero attached hydrogens (tertiary/aromatic N) is 4. The van der Waals surface area contributed by atoms with E-state index in [1.54, 1.807) is 17.0 Å². The Morgan fingerprint density at radius 2 is 1.70 bits per heavy atom. The first-order chi connectivity index (χ1) is 12.8. The lowest BCUT2D eigenvalue weighted by atomic mass is 10.2. The molecule has 1 aromatic heterocycles. The number of rotatable bonds is 3. The maximum absolute atomic E-state index is 12.2. The van der Waals surface area contributed by atoms with Gasteiger partial charge in [-0.2, -0.15) is 5.10 Å². The lowest BCUT2D eigenvalue weighted by Crippen LogP contribution is -2.50. The van der Waals surface area contributed by atoms with Crippen molar-refractivity contribution >= 4 is 11.9 Å². The minimum absolute atomic E-state index is 0.130. The molecule has 7 heteroatoms. The van der Waals surface area contributed by atoms with Gasteiger partial charge >= 0.3 is 6.09 Å². The number of benzene rings is 1. The second kappa shape index (κ2) is 7.82. The fourth-order valence-electron chi connectivity index (χ4n) is 2.92. The van der Waals surface area contributed by atoms with Crippen molar-refractivity contribution in [2.75, 3.05) is 31.1 Å². The summed E-state index contributed by atoms with van der Waals surface area (Å²) in [7, 11) is 0. The highest BCUT2D eigenvalue weighted by Gasteiger charge is 2.26. The summed E-state index contributed by atoms with van der Waals surface area (Å²) < 4.78 is 6.90. The third-order valence-corrected chi connectivity index (χ3v) is 4.28. The number of piperazine rings is 1. The molecule has 1 saturated heterocycles. The first-order valence-electron chi connectivity index (χ1n) is 9.17. The van der Waals surface area contributed by atoms with E-state index in [4.69, 9.17) is 4.74 Å². The first-order valence-corrected chi connectivity index (χ1v) is 9.17. The summed E-state index contributed by atoms with van der Waals surface area (Å²) in [6.07, 6.45) is -0.288. The average molecular weight is 370 g/mol. The highest BCUT2D eigenvalue weighted by atomic mass is 16.6. The van der Waals surface area contributed by atoms with Crippen molar-refractivity contribution in [3.63, 3.8) is 0 Å². The molecule has 0 bridgehead atoms. The number of hydrogen-bond acceptors (Lipinski definition) is 5. The van der Waals surface area contributed by atoms with Gasteiger partial charge in [-0.15, -0.1) is 0 Å². The maximum Gasteiger partial charge on any atom is 0.410 e. The molecule has 0 unspecified atom stereocenters. The van der Waals surface area contributed by atoms with Crippen LogP contribution in [0.5, 0.6) is 0 Å². The van der Waals surface area contributed by atoms with E-state index in [0.717, 1.165) is 11.4 Å². The maximum atomic E-state index is 12.2. The molecule has 2 aromatic rings. The minimum Gasteiger partial charge on any atom is -0.444 e. The van der Waals surface area contributed by atoms with Crippen molar-refractivity contribution in [3.8, 4) is 0 Å². The van der Waals surface area contributed by atoms with Crippen LogP contribution >= 0.6 is 0 Å². The highest BCUT2D eigenvalue weighted by molar-refractivity contribution is 5.68. The van der Waals surface area contributed by atoms with Crippen molar-refractivity contribution in [3.05, 3.63) is 58.4 Å². The van der Waals surface area contributed by atoms with Crippen LogP contribution in [-0.4, -0.2) is 52.6 Å². The fourth-order valence-corrected chi connectivity index (χ4v) is 2.92. The summed E-state index contributed by atoms with van der Waals surface area (Å²) >= 11 is 0. The predicted molar refractivity (Wildman–Crippen MR) is 104 cm³/mol. The van der Waals surface area contributed by atoms with Crippen molar-refractivity contribution in [1.29, 1.82) is 0 Å². The molecule has 0 atom stereocenters. The molecule has 1 aliphatic heterocycles. The molecule has 0 saturated carbocycles. The molecule has 2 heterocycles. The molecule has 7 nitrogen and oxygen atoms in total. The van der Waals surface area contributed by atoms with Gasteiger partial charge in [-0.25, -0.2) is 9.48 Å². The van der Waals surface area contributed by atoms with Crippen molar-refractivity contribution in [2.24, 2.45) is 0 Å². The number of aromatic nitrogens is 2. The number of amides is 1. The zero-order chi connectivity index (χ0) is 19.4. The van der Waals surface area contributed by atoms with Crippen LogP contribution in [0.15, 0.2) is 47.3 Å². The predicted octanol–water partition coefficient (Wildman–Crippen LogP) is 2.35. The van der Waals surface area contributed by atoms with Gasteiger partial charge in [-0.1, -0.05) is 30.3 Å². The molecule has 3 rings (SSSR count). The van der Waals surface area contributed by atoms with Crippen LogP contribution in [0.1, 0.15) is 26.3 Å². The van der Waals surface area contributed by atoms with Gasteiger partial charge in [-0.3, -0.25) is 4.79 Å². The summed E-state index contributed by atoms with van der Waals surface area (Å²) in [5.41, 5.74) is 0.400. The Kier molecular flexibility index (Phi) is 5.48. The zero-order valence-electron chi connectivity index (χ0n) is 16.1. The molecule has 144 valence electrons. The van der Waals surface area contributed by atoms with Gasteiger partial charge in [0.2, 0.25) is 0 Å². The molecular formula is C20H26N4O3. The third-order valence-electron chi connectivity index (χ3n) is 4.28. The Bertz CT molecular complexity index is 834. The zero-order valence-corrected chi connectivity index (χ0v) is 16.1. The van der Waals surface area contributed by atoms with E-state index in [2.05, 4.69) is 10.00 Å². The van der Waals surface area contributed by atoms with E-state index in [0.29, 0.717) is 32.7 Å². The highest BCUT2D eigenvalue weighted by Crippen LogP contribution is 2.15. The fraction of sp³-hybridized carbons (Fsp3) is 0.450. The lowest BCUT2D eigenvalue weighted by molar-refractivity contribution is 0.0240. The number of ether oxygens (including phenoxy) is 1. The van der Waals surface area contributed by atoms with E-state index in [-0.39, 0.29) is 11.7 Å². The van der Waals surface area contributed by atoms with Crippen LogP contribution in [0.25, 0.3) is 0 Å². The van der Waals surface area contributed by atoms with Gasteiger partial charge < -0.3 is 14.5 Å². The number of carbonyl (C=O) groups is 1. The Morgan fingerprint density at radius 3 is 2.33 bits per heavy atom. The van der Waals surface area contributed by atoms with Gasteiger partial charge in [0.1, 0.15) is 11.4 Å². The molecule has 1 aromatic carbocycles. The van der Waals surface area contributed by atoms with Crippen LogP contribution in [0.2, 0.25) is 0 Å². The second-order valence-corrected chi connectivity index (χ2v) is 7.63. The van der Waals surface area contributed by atoms with Gasteiger partial charge in [0.25, 0.3) is 5.56 Å². The van der Waals surface area contributed by atoms with Gasteiger partial charge in [0.05, 0.1) is 6.54 Å². The molecule has 0 aliphatic carbocycles. The topological polar surface area (TPSA) is 67.7 Å². The number of hydrogen-bond donors (Lipinski definition) is 0. The van der Waals surface area contributed by atoms with E-state index in [1.165, 1.54) is 4.68 Å². The van der Waals surface area contributed by atoms with Crippen molar-refractivity contribution in [1.82, 2.24) is 14.7 Å². The van der Waals surface area contributed by atoms with E-state index >= 15 is 0 Å². The molecule has 1 fully saturated rings. The summed E-state index contributed by atoms with van der Waals surface area (Å²) in [5, 5.41) is 4.52. The summed E-state index contributed by atoms with van der Waals surface area (Å²) in [6, 6.07) is 13.1. The quantitative estimate of drug-likeness (QED) is 0.830. The van der Waals surface area contributed by atoms with Crippen LogP contribution < -0.4 is 10.5 Å². The minimum atomic E-state index is -0.497. The normalized spacial score (nSPS) is 14.9. The van der Waals surface area contributed by atoms with Crippen LogP contribution in [0.3, 0.4) is 0 Å². The van der Waals surface area contributed by atoms with Crippen LogP contribution in [0.4, 0.5) is 10.6 Å². The number of carbonyl (C=O) groups excluding carboxylic acids is 1. The van der Waals surface area contributed by atoms with Crippen molar-refractivity contribution < 1.29 is 9.53 Å². The Labute approximate surface area is 159 Å². The average Bonchev–Trinajstić information content (AvgIpc) is 2.63. The SMILES string of the molecule is CC(C)(C)OC(=O)N1CCN(c2ccc(=O)n(Cc3ccccc3)n2)CC1. The third kappa shape index (κ3) is 5.09. The molecule has 0 N–H and O–H groups in total. The van der Waals surface area contributed by atoms with E-state index in [1.807, 2.05) is 51.1 Å². The summed E-state index contributed by atoms with van der Waals surface area (Å²) in [5.74, 6) is 0.745. The molecule has 1 aliphatic rings. The largest absolute Gasteiger partial charge is 0.444 e. The molecule has 0 radical (unpaired) electrons. The summed E-state index contributed by atoms with van der Waals surface area (Å²) in [6.45, 7) is 8.45. The molecule has 1 amide bonds. The smallest absolute Gasteiger partial charge is 0.410 e. The Balaban J connectivity index is 1.65. The number of anilines is 1. The molecule has 0 spiro atoms. The first kappa shape index (κ1) is 18.9. The van der Waals surface area contributed by atoms with Gasteiger partial charge in [0, 0.05) is 32.2 Å². The Morgan fingerprint density at radius 1 is 1.04 bits per heavy atom. The Hall–Kier alpha value is -2.83. The monoisotopic (exact) mass is 370 g/mol. The second-order valence-electron chi connectivity index (χ2n) is 7.63. The van der Waals surface area contributed by atoms with E-state index < -0.39 is 5.60 Å². The standard InChI is InChI=1S/C20H26N4O3/c1-20(2,3)27-19(26)23-13-11-22(12-14-23)17-9-10-18(25)24(21-17)15-16-7-5-4-6-8-16/h4-10H,11-15H2,1-3H3. The van der Waals surface area contributed by atoms with E-state index in [9.17, 15) is 9.59 Å². The van der Waals surface area contributed by atoms with Crippen LogP contribution in [0, 0.1) is 0 Å².